The largest absolute Gasteiger partial charge is 0.513 e. The van der Waals surface area contributed by atoms with Crippen LogP contribution in [0.3, 0.4) is 0 Å². The molecular weight excluding hydrogens is 590 g/mol. The lowest BCUT2D eigenvalue weighted by atomic mass is 9.98. The van der Waals surface area contributed by atoms with E-state index in [1.165, 1.54) is 19.2 Å². The summed E-state index contributed by atoms with van der Waals surface area (Å²) >= 11 is 3.34. The van der Waals surface area contributed by atoms with Gasteiger partial charge in [-0.2, -0.15) is 0 Å². The number of esters is 1. The zero-order valence-electron chi connectivity index (χ0n) is 22.5. The molecule has 1 atom stereocenters. The van der Waals surface area contributed by atoms with E-state index in [9.17, 15) is 14.4 Å². The van der Waals surface area contributed by atoms with Gasteiger partial charge in [0.2, 0.25) is 0 Å². The molecule has 1 amide bonds. The summed E-state index contributed by atoms with van der Waals surface area (Å²) in [6.45, 7) is 1.77. The lowest BCUT2D eigenvalue weighted by molar-refractivity contribution is -0.141. The lowest BCUT2D eigenvalue weighted by Gasteiger charge is -2.20. The Kier molecular flexibility index (Phi) is 10.1. The second kappa shape index (κ2) is 14.1. The molecule has 1 N–H and O–H groups in total. The Morgan fingerprint density at radius 3 is 2.27 bits per heavy atom. The van der Waals surface area contributed by atoms with Gasteiger partial charge in [-0.3, -0.25) is 9.59 Å². The topological polar surface area (TPSA) is 100 Å². The SMILES string of the molecule is CCOC(=O)Oc1ccc(Br)cc1C(=O)NC(CC(=O)OC)c1ccc(-c2ccccc2Oc2ccccc2)cc1. The summed E-state index contributed by atoms with van der Waals surface area (Å²) in [4.78, 5) is 37.6. The minimum absolute atomic E-state index is 0.0198. The van der Waals surface area contributed by atoms with Crippen LogP contribution in [0, 0.1) is 0 Å². The molecule has 0 aliphatic carbocycles. The van der Waals surface area contributed by atoms with Crippen molar-refractivity contribution in [3.05, 3.63) is 113 Å². The first-order chi connectivity index (χ1) is 19.9. The molecule has 8 nitrogen and oxygen atoms in total. The quantitative estimate of drug-likeness (QED) is 0.145. The van der Waals surface area contributed by atoms with Crippen molar-refractivity contribution < 1.29 is 33.3 Å². The number of rotatable bonds is 10. The number of hydrogen-bond acceptors (Lipinski definition) is 7. The molecule has 4 aromatic rings. The van der Waals surface area contributed by atoms with E-state index >= 15 is 0 Å². The summed E-state index contributed by atoms with van der Waals surface area (Å²) in [6.07, 6.45) is -1.04. The molecule has 0 saturated carbocycles. The van der Waals surface area contributed by atoms with E-state index < -0.39 is 24.1 Å². The fourth-order valence-electron chi connectivity index (χ4n) is 4.05. The van der Waals surface area contributed by atoms with Crippen LogP contribution in [0.25, 0.3) is 11.1 Å². The van der Waals surface area contributed by atoms with Crippen LogP contribution in [0.15, 0.2) is 102 Å². The van der Waals surface area contributed by atoms with Gasteiger partial charge < -0.3 is 24.3 Å². The van der Waals surface area contributed by atoms with E-state index in [-0.39, 0.29) is 24.3 Å². The number of hydrogen-bond donors (Lipinski definition) is 1. The molecule has 0 aromatic heterocycles. The first-order valence-electron chi connectivity index (χ1n) is 12.8. The monoisotopic (exact) mass is 617 g/mol. The van der Waals surface area contributed by atoms with Crippen LogP contribution >= 0.6 is 15.9 Å². The molecule has 41 heavy (non-hydrogen) atoms. The molecule has 4 aromatic carbocycles. The van der Waals surface area contributed by atoms with E-state index in [2.05, 4.69) is 21.2 Å². The minimum atomic E-state index is -0.929. The molecular formula is C32H28BrNO7. The molecule has 0 fully saturated rings. The molecule has 0 bridgehead atoms. The second-order valence-corrected chi connectivity index (χ2v) is 9.68. The molecule has 210 valence electrons. The van der Waals surface area contributed by atoms with Gasteiger partial charge in [-0.25, -0.2) is 4.79 Å². The maximum Gasteiger partial charge on any atom is 0.513 e. The van der Waals surface area contributed by atoms with Gasteiger partial charge >= 0.3 is 12.1 Å². The van der Waals surface area contributed by atoms with Gasteiger partial charge in [-0.05, 0) is 54.4 Å². The summed E-state index contributed by atoms with van der Waals surface area (Å²) in [7, 11) is 1.29. The third kappa shape index (κ3) is 7.95. The van der Waals surface area contributed by atoms with Crippen molar-refractivity contribution in [2.24, 2.45) is 0 Å². The summed E-state index contributed by atoms with van der Waals surface area (Å²) in [5.74, 6) is 0.376. The molecule has 1 unspecified atom stereocenters. The van der Waals surface area contributed by atoms with Gasteiger partial charge in [-0.15, -0.1) is 0 Å². The Morgan fingerprint density at radius 2 is 1.56 bits per heavy atom. The normalized spacial score (nSPS) is 11.2. The molecule has 9 heteroatoms. The molecule has 0 heterocycles. The fourth-order valence-corrected chi connectivity index (χ4v) is 4.41. The predicted molar refractivity (Wildman–Crippen MR) is 157 cm³/mol. The average molecular weight is 618 g/mol. The average Bonchev–Trinajstić information content (AvgIpc) is 2.98. The number of para-hydroxylation sites is 2. The van der Waals surface area contributed by atoms with Crippen LogP contribution in [-0.2, 0) is 14.3 Å². The highest BCUT2D eigenvalue weighted by Crippen LogP contribution is 2.34. The molecule has 0 radical (unpaired) electrons. The number of ether oxygens (including phenoxy) is 4. The van der Waals surface area contributed by atoms with Crippen molar-refractivity contribution >= 4 is 34.0 Å². The van der Waals surface area contributed by atoms with Crippen molar-refractivity contribution in [3.63, 3.8) is 0 Å². The number of methoxy groups -OCH3 is 1. The summed E-state index contributed by atoms with van der Waals surface area (Å²) in [6, 6.07) is 28.5. The molecule has 0 saturated heterocycles. The number of nitrogens with one attached hydrogen (secondary N) is 1. The van der Waals surface area contributed by atoms with Crippen LogP contribution in [0.5, 0.6) is 17.2 Å². The van der Waals surface area contributed by atoms with Crippen molar-refractivity contribution in [2.45, 2.75) is 19.4 Å². The summed E-state index contributed by atoms with van der Waals surface area (Å²) < 4.78 is 21.7. The molecule has 0 aliphatic rings. The first kappa shape index (κ1) is 29.4. The van der Waals surface area contributed by atoms with E-state index in [0.29, 0.717) is 15.8 Å². The Hall–Kier alpha value is -4.63. The molecule has 4 rings (SSSR count). The zero-order chi connectivity index (χ0) is 29.2. The Morgan fingerprint density at radius 1 is 0.854 bits per heavy atom. The maximum absolute atomic E-state index is 13.4. The first-order valence-corrected chi connectivity index (χ1v) is 13.6. The standard InChI is InChI=1S/C32H28BrNO7/c1-3-39-32(37)41-29-18-17-23(33)19-26(29)31(36)34-27(20-30(35)38-2)22-15-13-21(14-16-22)25-11-7-8-12-28(25)40-24-9-5-4-6-10-24/h4-19,27H,3,20H2,1-2H3,(H,34,36). The van der Waals surface area contributed by atoms with Gasteiger partial charge in [-0.1, -0.05) is 76.6 Å². The number of carbonyl (C=O) groups excluding carboxylic acids is 3. The Balaban J connectivity index is 1.59. The predicted octanol–water partition coefficient (Wildman–Crippen LogP) is 7.48. The number of amides is 1. The zero-order valence-corrected chi connectivity index (χ0v) is 24.1. The van der Waals surface area contributed by atoms with Crippen LogP contribution in [-0.4, -0.2) is 31.7 Å². The maximum atomic E-state index is 13.4. The highest BCUT2D eigenvalue weighted by molar-refractivity contribution is 9.10. The Bertz CT molecular complexity index is 1510. The molecule has 0 spiro atoms. The highest BCUT2D eigenvalue weighted by atomic mass is 79.9. The number of carbonyl (C=O) groups is 3. The highest BCUT2D eigenvalue weighted by Gasteiger charge is 2.23. The van der Waals surface area contributed by atoms with E-state index in [4.69, 9.17) is 18.9 Å². The summed E-state index contributed by atoms with van der Waals surface area (Å²) in [5, 5.41) is 2.87. The number of benzene rings is 4. The minimum Gasteiger partial charge on any atom is -0.469 e. The van der Waals surface area contributed by atoms with E-state index in [0.717, 1.165) is 16.9 Å². The van der Waals surface area contributed by atoms with E-state index in [1.807, 2.05) is 78.9 Å². The van der Waals surface area contributed by atoms with Crippen molar-refractivity contribution in [3.8, 4) is 28.4 Å². The lowest BCUT2D eigenvalue weighted by Crippen LogP contribution is -2.31. The smallest absolute Gasteiger partial charge is 0.469 e. The molecule has 0 aliphatic heterocycles. The van der Waals surface area contributed by atoms with Gasteiger partial charge in [0.15, 0.2) is 0 Å². The van der Waals surface area contributed by atoms with Crippen LogP contribution in [0.1, 0.15) is 35.3 Å². The second-order valence-electron chi connectivity index (χ2n) is 8.77. The van der Waals surface area contributed by atoms with Gasteiger partial charge in [0.25, 0.3) is 5.91 Å². The summed E-state index contributed by atoms with van der Waals surface area (Å²) in [5.41, 5.74) is 2.54. The third-order valence-corrected chi connectivity index (χ3v) is 6.52. The van der Waals surface area contributed by atoms with Gasteiger partial charge in [0, 0.05) is 10.0 Å². The van der Waals surface area contributed by atoms with Crippen LogP contribution < -0.4 is 14.8 Å². The van der Waals surface area contributed by atoms with Crippen molar-refractivity contribution in [1.29, 1.82) is 0 Å². The van der Waals surface area contributed by atoms with Crippen molar-refractivity contribution in [2.75, 3.05) is 13.7 Å². The van der Waals surface area contributed by atoms with Gasteiger partial charge in [0.05, 0.1) is 31.7 Å². The van der Waals surface area contributed by atoms with Gasteiger partial charge in [0.1, 0.15) is 17.2 Å². The third-order valence-electron chi connectivity index (χ3n) is 6.03. The van der Waals surface area contributed by atoms with Crippen LogP contribution in [0.4, 0.5) is 4.79 Å². The van der Waals surface area contributed by atoms with Crippen LogP contribution in [0.2, 0.25) is 0 Å². The van der Waals surface area contributed by atoms with Crippen molar-refractivity contribution in [1.82, 2.24) is 5.32 Å². The van der Waals surface area contributed by atoms with E-state index in [1.54, 1.807) is 13.0 Å². The fraction of sp³-hybridized carbons (Fsp3) is 0.156. The number of halogens is 1. The Labute approximate surface area is 246 Å².